The maximum Gasteiger partial charge on any atom is 0.122 e. The second kappa shape index (κ2) is 5.88. The Morgan fingerprint density at radius 2 is 2.10 bits per heavy atom. The van der Waals surface area contributed by atoms with Crippen LogP contribution in [0.5, 0.6) is 5.75 Å². The molecule has 104 valence electrons. The molecule has 0 fully saturated rings. The summed E-state index contributed by atoms with van der Waals surface area (Å²) in [5.74, 6) is 1.56. The molecule has 1 aliphatic heterocycles. The predicted molar refractivity (Wildman–Crippen MR) is 86.7 cm³/mol. The Hall–Kier alpha value is -1.48. The van der Waals surface area contributed by atoms with Gasteiger partial charge in [-0.2, -0.15) is 0 Å². The van der Waals surface area contributed by atoms with Crippen molar-refractivity contribution in [1.82, 2.24) is 0 Å². The molecule has 1 N–H and O–H groups in total. The van der Waals surface area contributed by atoms with Crippen molar-refractivity contribution >= 4 is 21.6 Å². The zero-order chi connectivity index (χ0) is 13.9. The van der Waals surface area contributed by atoms with E-state index in [1.165, 1.54) is 16.8 Å². The summed E-state index contributed by atoms with van der Waals surface area (Å²) in [5, 5.41) is 3.57. The molecular weight excluding hydrogens is 314 g/mol. The molecule has 0 amide bonds. The number of rotatable bonds is 3. The minimum absolute atomic E-state index is 0.517. The van der Waals surface area contributed by atoms with E-state index < -0.39 is 0 Å². The van der Waals surface area contributed by atoms with Crippen molar-refractivity contribution in [2.24, 2.45) is 0 Å². The molecule has 0 saturated heterocycles. The monoisotopic (exact) mass is 331 g/mol. The fraction of sp³-hybridized carbons (Fsp3) is 0.294. The molecule has 1 aliphatic rings. The van der Waals surface area contributed by atoms with Crippen LogP contribution in [-0.4, -0.2) is 13.2 Å². The van der Waals surface area contributed by atoms with Crippen LogP contribution in [0.2, 0.25) is 0 Å². The number of benzene rings is 2. The van der Waals surface area contributed by atoms with Crippen molar-refractivity contribution < 1.29 is 4.74 Å². The second-order valence-corrected chi connectivity index (χ2v) is 6.13. The predicted octanol–water partition coefficient (Wildman–Crippen LogP) is 4.74. The largest absolute Gasteiger partial charge is 0.493 e. The molecule has 0 aliphatic carbocycles. The highest BCUT2D eigenvalue weighted by Crippen LogP contribution is 2.33. The number of ether oxygens (including phenoxy) is 1. The molecular formula is C17H18BrNO. The molecule has 2 aromatic carbocycles. The summed E-state index contributed by atoms with van der Waals surface area (Å²) in [6.07, 6.45) is 1.07. The topological polar surface area (TPSA) is 21.3 Å². The van der Waals surface area contributed by atoms with Crippen LogP contribution in [0.1, 0.15) is 23.5 Å². The van der Waals surface area contributed by atoms with Crippen LogP contribution in [0.3, 0.4) is 0 Å². The van der Waals surface area contributed by atoms with E-state index in [9.17, 15) is 0 Å². The Morgan fingerprint density at radius 1 is 1.25 bits per heavy atom. The number of hydrogen-bond acceptors (Lipinski definition) is 2. The van der Waals surface area contributed by atoms with Gasteiger partial charge in [0.1, 0.15) is 5.75 Å². The van der Waals surface area contributed by atoms with Gasteiger partial charge in [0.05, 0.1) is 6.61 Å². The number of anilines is 1. The Bertz CT molecular complexity index is 612. The van der Waals surface area contributed by atoms with Gasteiger partial charge in [0, 0.05) is 22.6 Å². The highest BCUT2D eigenvalue weighted by molar-refractivity contribution is 9.10. The van der Waals surface area contributed by atoms with Crippen LogP contribution in [0, 0.1) is 6.92 Å². The van der Waals surface area contributed by atoms with E-state index in [0.29, 0.717) is 5.92 Å². The molecule has 3 heteroatoms. The minimum Gasteiger partial charge on any atom is -0.493 e. The summed E-state index contributed by atoms with van der Waals surface area (Å²) in [4.78, 5) is 0. The van der Waals surface area contributed by atoms with Crippen LogP contribution in [0.15, 0.2) is 46.9 Å². The molecule has 1 heterocycles. The summed E-state index contributed by atoms with van der Waals surface area (Å²) in [5.41, 5.74) is 3.79. The van der Waals surface area contributed by atoms with Gasteiger partial charge in [-0.05, 0) is 48.7 Å². The first-order valence-electron chi connectivity index (χ1n) is 6.96. The van der Waals surface area contributed by atoms with E-state index in [1.807, 2.05) is 6.07 Å². The maximum atomic E-state index is 5.71. The highest BCUT2D eigenvalue weighted by atomic mass is 79.9. The van der Waals surface area contributed by atoms with Crippen molar-refractivity contribution in [2.75, 3.05) is 18.5 Å². The molecule has 1 unspecified atom stereocenters. The lowest BCUT2D eigenvalue weighted by Crippen LogP contribution is -2.20. The molecule has 0 radical (unpaired) electrons. The third kappa shape index (κ3) is 2.83. The Labute approximate surface area is 128 Å². The lowest BCUT2D eigenvalue weighted by molar-refractivity contribution is 0.270. The molecule has 20 heavy (non-hydrogen) atoms. The van der Waals surface area contributed by atoms with Gasteiger partial charge in [0.2, 0.25) is 0 Å². The Kier molecular flexibility index (Phi) is 3.97. The Balaban J connectivity index is 1.73. The van der Waals surface area contributed by atoms with E-state index in [2.05, 4.69) is 64.6 Å². The van der Waals surface area contributed by atoms with Crippen molar-refractivity contribution in [2.45, 2.75) is 19.3 Å². The van der Waals surface area contributed by atoms with Crippen LogP contribution in [-0.2, 0) is 0 Å². The van der Waals surface area contributed by atoms with Crippen molar-refractivity contribution in [3.05, 3.63) is 58.1 Å². The average molecular weight is 332 g/mol. The summed E-state index contributed by atoms with van der Waals surface area (Å²) in [6, 6.07) is 14.7. The molecule has 2 nitrogen and oxygen atoms in total. The SMILES string of the molecule is Cc1cc(Br)ccc1NCC1CCOc2ccccc21. The second-order valence-electron chi connectivity index (χ2n) is 5.21. The summed E-state index contributed by atoms with van der Waals surface area (Å²) >= 11 is 3.50. The van der Waals surface area contributed by atoms with Gasteiger partial charge >= 0.3 is 0 Å². The minimum atomic E-state index is 0.517. The van der Waals surface area contributed by atoms with Gasteiger partial charge in [0.15, 0.2) is 0 Å². The molecule has 0 saturated carbocycles. The molecule has 1 atom stereocenters. The highest BCUT2D eigenvalue weighted by Gasteiger charge is 2.20. The van der Waals surface area contributed by atoms with Crippen molar-refractivity contribution in [3.63, 3.8) is 0 Å². The fourth-order valence-electron chi connectivity index (χ4n) is 2.69. The third-order valence-electron chi connectivity index (χ3n) is 3.81. The third-order valence-corrected chi connectivity index (χ3v) is 4.30. The fourth-order valence-corrected chi connectivity index (χ4v) is 3.16. The lowest BCUT2D eigenvalue weighted by atomic mass is 9.93. The summed E-state index contributed by atoms with van der Waals surface area (Å²) < 4.78 is 6.83. The zero-order valence-electron chi connectivity index (χ0n) is 11.5. The number of nitrogens with one attached hydrogen (secondary N) is 1. The van der Waals surface area contributed by atoms with Crippen LogP contribution in [0.4, 0.5) is 5.69 Å². The standard InChI is InChI=1S/C17H18BrNO/c1-12-10-14(18)6-7-16(12)19-11-13-8-9-20-17-5-3-2-4-15(13)17/h2-7,10,13,19H,8-9,11H2,1H3. The number of halogens is 1. The summed E-state index contributed by atoms with van der Waals surface area (Å²) in [7, 11) is 0. The number of fused-ring (bicyclic) bond motifs is 1. The van der Waals surface area contributed by atoms with Crippen LogP contribution in [0.25, 0.3) is 0 Å². The Morgan fingerprint density at radius 3 is 2.95 bits per heavy atom. The quantitative estimate of drug-likeness (QED) is 0.877. The number of hydrogen-bond donors (Lipinski definition) is 1. The first kappa shape index (κ1) is 13.5. The van der Waals surface area contributed by atoms with E-state index in [0.717, 1.165) is 29.8 Å². The first-order chi connectivity index (χ1) is 9.74. The van der Waals surface area contributed by atoms with E-state index >= 15 is 0 Å². The molecule has 0 spiro atoms. The summed E-state index contributed by atoms with van der Waals surface area (Å²) in [6.45, 7) is 3.89. The van der Waals surface area contributed by atoms with Gasteiger partial charge in [-0.25, -0.2) is 0 Å². The van der Waals surface area contributed by atoms with Gasteiger partial charge < -0.3 is 10.1 Å². The van der Waals surface area contributed by atoms with E-state index in [4.69, 9.17) is 4.74 Å². The van der Waals surface area contributed by atoms with Crippen molar-refractivity contribution in [1.29, 1.82) is 0 Å². The van der Waals surface area contributed by atoms with Crippen LogP contribution >= 0.6 is 15.9 Å². The first-order valence-corrected chi connectivity index (χ1v) is 7.75. The molecule has 3 rings (SSSR count). The van der Waals surface area contributed by atoms with Gasteiger partial charge in [-0.3, -0.25) is 0 Å². The normalized spacial score (nSPS) is 17.2. The van der Waals surface area contributed by atoms with Crippen molar-refractivity contribution in [3.8, 4) is 5.75 Å². The van der Waals surface area contributed by atoms with E-state index in [-0.39, 0.29) is 0 Å². The lowest BCUT2D eigenvalue weighted by Gasteiger charge is -2.26. The zero-order valence-corrected chi connectivity index (χ0v) is 13.1. The van der Waals surface area contributed by atoms with Gasteiger partial charge in [-0.15, -0.1) is 0 Å². The van der Waals surface area contributed by atoms with E-state index in [1.54, 1.807) is 0 Å². The average Bonchev–Trinajstić information content (AvgIpc) is 2.46. The molecule has 0 aromatic heterocycles. The van der Waals surface area contributed by atoms with Gasteiger partial charge in [0.25, 0.3) is 0 Å². The van der Waals surface area contributed by atoms with Gasteiger partial charge in [-0.1, -0.05) is 34.1 Å². The van der Waals surface area contributed by atoms with Crippen LogP contribution < -0.4 is 10.1 Å². The molecule has 0 bridgehead atoms. The number of para-hydroxylation sites is 1. The molecule has 2 aromatic rings. The maximum absolute atomic E-state index is 5.71. The smallest absolute Gasteiger partial charge is 0.122 e. The number of aryl methyl sites for hydroxylation is 1.